The molecule has 1 N–H and O–H groups in total. The van der Waals surface area contributed by atoms with E-state index < -0.39 is 27.4 Å². The van der Waals surface area contributed by atoms with Crippen LogP contribution in [-0.4, -0.2) is 43.7 Å². The Morgan fingerprint density at radius 2 is 1.74 bits per heavy atom. The van der Waals surface area contributed by atoms with E-state index in [-0.39, 0.29) is 22.1 Å². The van der Waals surface area contributed by atoms with E-state index in [9.17, 15) is 27.7 Å². The summed E-state index contributed by atoms with van der Waals surface area (Å²) in [5, 5.41) is 15.5. The van der Waals surface area contributed by atoms with Gasteiger partial charge in [-0.25, -0.2) is 18.2 Å². The second-order valence-corrected chi connectivity index (χ2v) is 11.2. The molecular weight excluding hydrogens is 565 g/mol. The van der Waals surface area contributed by atoms with Crippen LogP contribution < -0.4 is 14.5 Å². The zero-order chi connectivity index (χ0) is 30.6. The van der Waals surface area contributed by atoms with E-state index >= 15 is 0 Å². The third-order valence-corrected chi connectivity index (χ3v) is 8.33. The topological polar surface area (TPSA) is 136 Å². The molecule has 0 aliphatic carbocycles. The van der Waals surface area contributed by atoms with Crippen LogP contribution in [0.3, 0.4) is 0 Å². The molecule has 0 aliphatic heterocycles. The molecule has 13 heteroatoms. The van der Waals surface area contributed by atoms with Gasteiger partial charge in [0.2, 0.25) is 0 Å². The van der Waals surface area contributed by atoms with Crippen molar-refractivity contribution in [3.8, 4) is 11.4 Å². The third-order valence-electron chi connectivity index (χ3n) is 6.56. The van der Waals surface area contributed by atoms with Crippen molar-refractivity contribution in [2.75, 3.05) is 18.0 Å². The fraction of sp³-hybridized carbons (Fsp3) is 0.172. The van der Waals surface area contributed by atoms with Crippen LogP contribution in [0.15, 0.2) is 82.8 Å². The highest BCUT2D eigenvalue weighted by atomic mass is 32.2. The van der Waals surface area contributed by atoms with Crippen LogP contribution in [-0.2, 0) is 14.8 Å². The summed E-state index contributed by atoms with van der Waals surface area (Å²) < 4.78 is 48.6. The van der Waals surface area contributed by atoms with E-state index in [2.05, 4.69) is 10.5 Å². The maximum Gasteiger partial charge on any atom is 0.273 e. The number of halogens is 1. The van der Waals surface area contributed by atoms with Crippen LogP contribution in [0.2, 0.25) is 0 Å². The van der Waals surface area contributed by atoms with Gasteiger partial charge in [-0.2, -0.15) is 5.10 Å². The standard InChI is InChI=1S/C29H28FN5O6S/c1-19-5-14-27(16-28(19)35(37)38)42(39,40)33(24-10-12-26(41-4)13-11-24)18-29(36)32-31-17-22-15-20(2)34(21(22)3)25-8-6-23(30)7-9-25/h5-17H,18H2,1-4H3,(H,32,36)/b31-17+. The number of benzene rings is 3. The van der Waals surface area contributed by atoms with E-state index in [0.29, 0.717) is 16.9 Å². The second-order valence-electron chi connectivity index (χ2n) is 9.35. The molecule has 4 aromatic rings. The lowest BCUT2D eigenvalue weighted by molar-refractivity contribution is -0.385. The fourth-order valence-corrected chi connectivity index (χ4v) is 5.82. The van der Waals surface area contributed by atoms with Gasteiger partial charge in [-0.05, 0) is 81.4 Å². The number of nitrogens with one attached hydrogen (secondary N) is 1. The number of hydrogen-bond donors (Lipinski definition) is 1. The van der Waals surface area contributed by atoms with E-state index in [1.807, 2.05) is 24.5 Å². The van der Waals surface area contributed by atoms with Crippen LogP contribution in [0.4, 0.5) is 15.8 Å². The van der Waals surface area contributed by atoms with E-state index in [1.54, 1.807) is 12.1 Å². The Balaban J connectivity index is 1.59. The molecule has 0 atom stereocenters. The first-order valence-electron chi connectivity index (χ1n) is 12.6. The molecule has 218 valence electrons. The van der Waals surface area contributed by atoms with Gasteiger partial charge in [0.15, 0.2) is 0 Å². The SMILES string of the molecule is COc1ccc(N(CC(=O)N/N=C/c2cc(C)n(-c3ccc(F)cc3)c2C)S(=O)(=O)c2ccc(C)c([N+](=O)[O-])c2)cc1. The van der Waals surface area contributed by atoms with Crippen LogP contribution in [0.1, 0.15) is 22.5 Å². The maximum absolute atomic E-state index is 13.7. The molecule has 0 unspecified atom stereocenters. The molecule has 4 rings (SSSR count). The van der Waals surface area contributed by atoms with E-state index in [4.69, 9.17) is 4.74 Å². The van der Waals surface area contributed by atoms with Gasteiger partial charge in [0.1, 0.15) is 18.1 Å². The van der Waals surface area contributed by atoms with Gasteiger partial charge < -0.3 is 9.30 Å². The highest BCUT2D eigenvalue weighted by Crippen LogP contribution is 2.29. The molecule has 42 heavy (non-hydrogen) atoms. The molecule has 1 amide bonds. The van der Waals surface area contributed by atoms with Crippen LogP contribution in [0, 0.1) is 36.7 Å². The van der Waals surface area contributed by atoms with E-state index in [0.717, 1.165) is 27.4 Å². The number of ether oxygens (including phenoxy) is 1. The molecule has 0 spiro atoms. The summed E-state index contributed by atoms with van der Waals surface area (Å²) >= 11 is 0. The number of aromatic nitrogens is 1. The molecule has 0 aliphatic rings. The van der Waals surface area contributed by atoms with Gasteiger partial charge in [0.05, 0.1) is 28.8 Å². The number of sulfonamides is 1. The Morgan fingerprint density at radius 1 is 1.07 bits per heavy atom. The Morgan fingerprint density at radius 3 is 2.36 bits per heavy atom. The summed E-state index contributed by atoms with van der Waals surface area (Å²) in [5.41, 5.74) is 5.51. The predicted molar refractivity (Wildman–Crippen MR) is 156 cm³/mol. The third kappa shape index (κ3) is 6.31. The molecule has 1 heterocycles. The minimum atomic E-state index is -4.42. The maximum atomic E-state index is 13.7. The smallest absolute Gasteiger partial charge is 0.273 e. The number of nitro groups is 1. The average molecular weight is 594 g/mol. The highest BCUT2D eigenvalue weighted by molar-refractivity contribution is 7.92. The molecule has 3 aromatic carbocycles. The van der Waals surface area contributed by atoms with Gasteiger partial charge in [-0.1, -0.05) is 6.07 Å². The Hall–Kier alpha value is -5.04. The molecule has 0 radical (unpaired) electrons. The number of carbonyl (C=O) groups is 1. The largest absolute Gasteiger partial charge is 0.497 e. The number of methoxy groups -OCH3 is 1. The summed E-state index contributed by atoms with van der Waals surface area (Å²) in [4.78, 5) is 23.4. The molecule has 0 saturated heterocycles. The number of aryl methyl sites for hydroxylation is 2. The van der Waals surface area contributed by atoms with Crippen molar-refractivity contribution in [1.82, 2.24) is 9.99 Å². The number of amides is 1. The zero-order valence-corrected chi connectivity index (χ0v) is 24.1. The first-order chi connectivity index (χ1) is 19.9. The lowest BCUT2D eigenvalue weighted by Crippen LogP contribution is -2.39. The van der Waals surface area contributed by atoms with E-state index in [1.165, 1.54) is 68.8 Å². The van der Waals surface area contributed by atoms with Crippen molar-refractivity contribution >= 4 is 33.5 Å². The summed E-state index contributed by atoms with van der Waals surface area (Å²) in [6, 6.07) is 17.4. The number of rotatable bonds is 10. The molecule has 11 nitrogen and oxygen atoms in total. The van der Waals surface area contributed by atoms with Gasteiger partial charge in [-0.15, -0.1) is 0 Å². The minimum absolute atomic E-state index is 0.140. The zero-order valence-electron chi connectivity index (χ0n) is 23.2. The summed E-state index contributed by atoms with van der Waals surface area (Å²) in [5.74, 6) is -0.633. The van der Waals surface area contributed by atoms with Gasteiger partial charge >= 0.3 is 0 Å². The second kappa shape index (κ2) is 12.2. The van der Waals surface area contributed by atoms with Gasteiger partial charge in [-0.3, -0.25) is 19.2 Å². The van der Waals surface area contributed by atoms with Crippen molar-refractivity contribution in [1.29, 1.82) is 0 Å². The Kier molecular flexibility index (Phi) is 8.71. The van der Waals surface area contributed by atoms with Crippen molar-refractivity contribution in [3.05, 3.63) is 111 Å². The van der Waals surface area contributed by atoms with Crippen molar-refractivity contribution in [2.45, 2.75) is 25.7 Å². The average Bonchev–Trinajstić information content (AvgIpc) is 3.24. The first kappa shape index (κ1) is 29.9. The highest BCUT2D eigenvalue weighted by Gasteiger charge is 2.29. The number of hydrazone groups is 1. The number of nitro benzene ring substituents is 1. The van der Waals surface area contributed by atoms with Crippen molar-refractivity contribution in [2.24, 2.45) is 5.10 Å². The molecule has 1 aromatic heterocycles. The fourth-order valence-electron chi connectivity index (χ4n) is 4.38. The summed E-state index contributed by atoms with van der Waals surface area (Å²) in [6.07, 6.45) is 1.43. The summed E-state index contributed by atoms with van der Waals surface area (Å²) in [7, 11) is -2.96. The van der Waals surface area contributed by atoms with Crippen molar-refractivity contribution in [3.63, 3.8) is 0 Å². The molecular formula is C29H28FN5O6S. The first-order valence-corrected chi connectivity index (χ1v) is 14.0. The quantitative estimate of drug-likeness (QED) is 0.159. The Labute approximate surface area is 242 Å². The number of hydrogen-bond acceptors (Lipinski definition) is 7. The minimum Gasteiger partial charge on any atom is -0.497 e. The van der Waals surface area contributed by atoms with Gasteiger partial charge in [0, 0.05) is 34.3 Å². The normalized spacial score (nSPS) is 11.5. The monoisotopic (exact) mass is 593 g/mol. The predicted octanol–water partition coefficient (Wildman–Crippen LogP) is 4.80. The van der Waals surface area contributed by atoms with Crippen LogP contribution >= 0.6 is 0 Å². The number of nitrogens with zero attached hydrogens (tertiary/aromatic N) is 4. The van der Waals surface area contributed by atoms with Crippen molar-refractivity contribution < 1.29 is 27.3 Å². The molecule has 0 bridgehead atoms. The molecule has 0 fully saturated rings. The van der Waals surface area contributed by atoms with Crippen LogP contribution in [0.25, 0.3) is 5.69 Å². The Bertz CT molecular complexity index is 1770. The lowest BCUT2D eigenvalue weighted by atomic mass is 10.2. The number of carbonyl (C=O) groups excluding carboxylic acids is 1. The van der Waals surface area contributed by atoms with Gasteiger partial charge in [0.25, 0.3) is 21.6 Å². The van der Waals surface area contributed by atoms with Crippen LogP contribution in [0.5, 0.6) is 5.75 Å². The molecule has 0 saturated carbocycles. The number of anilines is 1. The lowest BCUT2D eigenvalue weighted by Gasteiger charge is -2.24. The summed E-state index contributed by atoms with van der Waals surface area (Å²) in [6.45, 7) is 4.55.